The van der Waals surface area contributed by atoms with Gasteiger partial charge in [0, 0.05) is 24.8 Å². The highest BCUT2D eigenvalue weighted by atomic mass is 16.5. The lowest BCUT2D eigenvalue weighted by Gasteiger charge is -2.15. The fraction of sp³-hybridized carbons (Fsp3) is 0.263. The maximum Gasteiger partial charge on any atom is 0.262 e. The van der Waals surface area contributed by atoms with E-state index in [1.807, 2.05) is 43.3 Å². The van der Waals surface area contributed by atoms with Crippen molar-refractivity contribution < 1.29 is 14.3 Å². The number of hydrogen-bond donors (Lipinski definition) is 2. The Kier molecular flexibility index (Phi) is 6.05. The zero-order chi connectivity index (χ0) is 19.9. The van der Waals surface area contributed by atoms with Gasteiger partial charge in [-0.3, -0.25) is 4.79 Å². The van der Waals surface area contributed by atoms with Gasteiger partial charge in [0.25, 0.3) is 5.91 Å². The van der Waals surface area contributed by atoms with Crippen LogP contribution in [0.3, 0.4) is 0 Å². The van der Waals surface area contributed by atoms with Crippen molar-refractivity contribution >= 4 is 17.5 Å². The van der Waals surface area contributed by atoms with Gasteiger partial charge in [-0.15, -0.1) is 0 Å². The minimum atomic E-state index is -0.258. The van der Waals surface area contributed by atoms with Crippen molar-refractivity contribution in [3.05, 3.63) is 53.6 Å². The molecule has 0 aliphatic rings. The van der Waals surface area contributed by atoms with Crippen LogP contribution in [0.1, 0.15) is 11.1 Å². The second-order valence-corrected chi connectivity index (χ2v) is 6.13. The molecule has 0 spiro atoms. The van der Waals surface area contributed by atoms with Gasteiger partial charge in [-0.05, 0) is 35.5 Å². The van der Waals surface area contributed by atoms with E-state index in [-0.39, 0.29) is 12.5 Å². The number of carbonyl (C=O) groups is 1. The summed E-state index contributed by atoms with van der Waals surface area (Å²) in [5, 5.41) is 17.2. The molecule has 2 N–H and O–H groups in total. The standard InChI is InChI=1S/C19H22N6O3/c1-13-7-9-15(10-8-13)21-17(26)12-28-18-14(5-4-6-16(18)27-3)11-20-19-22-23-24-25(19)2/h4-10H,11-12H2,1-3H3,(H,21,26)(H,20,22,24). The molecule has 0 atom stereocenters. The van der Waals surface area contributed by atoms with Crippen molar-refractivity contribution in [1.29, 1.82) is 0 Å². The van der Waals surface area contributed by atoms with E-state index in [4.69, 9.17) is 9.47 Å². The maximum atomic E-state index is 12.2. The van der Waals surface area contributed by atoms with Crippen LogP contribution in [0.25, 0.3) is 0 Å². The number of nitrogens with one attached hydrogen (secondary N) is 2. The van der Waals surface area contributed by atoms with Crippen molar-refractivity contribution in [2.45, 2.75) is 13.5 Å². The highest BCUT2D eigenvalue weighted by molar-refractivity contribution is 5.91. The predicted molar refractivity (Wildman–Crippen MR) is 104 cm³/mol. The summed E-state index contributed by atoms with van der Waals surface area (Å²) in [6.07, 6.45) is 0. The minimum Gasteiger partial charge on any atom is -0.493 e. The molecule has 0 bridgehead atoms. The average molecular weight is 382 g/mol. The zero-order valence-corrected chi connectivity index (χ0v) is 16.0. The fourth-order valence-electron chi connectivity index (χ4n) is 2.55. The molecule has 146 valence electrons. The van der Waals surface area contributed by atoms with E-state index in [1.165, 1.54) is 4.68 Å². The van der Waals surface area contributed by atoms with E-state index < -0.39 is 0 Å². The van der Waals surface area contributed by atoms with Crippen molar-refractivity contribution in [2.75, 3.05) is 24.4 Å². The van der Waals surface area contributed by atoms with Crippen molar-refractivity contribution in [3.8, 4) is 11.5 Å². The molecule has 3 rings (SSSR count). The Morgan fingerprint density at radius 2 is 1.96 bits per heavy atom. The van der Waals surface area contributed by atoms with Crippen LogP contribution in [0.4, 0.5) is 11.6 Å². The smallest absolute Gasteiger partial charge is 0.262 e. The van der Waals surface area contributed by atoms with Gasteiger partial charge in [0.2, 0.25) is 5.95 Å². The monoisotopic (exact) mass is 382 g/mol. The lowest BCUT2D eigenvalue weighted by atomic mass is 10.2. The summed E-state index contributed by atoms with van der Waals surface area (Å²) >= 11 is 0. The Balaban J connectivity index is 1.66. The predicted octanol–water partition coefficient (Wildman–Crippen LogP) is 2.16. The maximum absolute atomic E-state index is 12.2. The van der Waals surface area contributed by atoms with Gasteiger partial charge in [-0.25, -0.2) is 4.68 Å². The number of para-hydroxylation sites is 1. The van der Waals surface area contributed by atoms with Crippen LogP contribution in [0.15, 0.2) is 42.5 Å². The average Bonchev–Trinajstić information content (AvgIpc) is 3.11. The van der Waals surface area contributed by atoms with Crippen LogP contribution in [0.2, 0.25) is 0 Å². The molecule has 3 aromatic rings. The molecule has 2 aromatic carbocycles. The summed E-state index contributed by atoms with van der Waals surface area (Å²) in [5.41, 5.74) is 2.65. The van der Waals surface area contributed by atoms with Gasteiger partial charge in [0.05, 0.1) is 7.11 Å². The van der Waals surface area contributed by atoms with E-state index in [0.717, 1.165) is 16.8 Å². The van der Waals surface area contributed by atoms with Crippen LogP contribution in [-0.4, -0.2) is 39.8 Å². The Morgan fingerprint density at radius 3 is 2.64 bits per heavy atom. The van der Waals surface area contributed by atoms with Crippen LogP contribution in [0, 0.1) is 6.92 Å². The van der Waals surface area contributed by atoms with Crippen molar-refractivity contribution in [1.82, 2.24) is 20.2 Å². The lowest BCUT2D eigenvalue weighted by molar-refractivity contribution is -0.118. The van der Waals surface area contributed by atoms with Gasteiger partial charge < -0.3 is 20.1 Å². The zero-order valence-electron chi connectivity index (χ0n) is 16.0. The van der Waals surface area contributed by atoms with E-state index in [0.29, 0.717) is 24.0 Å². The number of amides is 1. The number of tetrazole rings is 1. The topological polar surface area (TPSA) is 103 Å². The fourth-order valence-corrected chi connectivity index (χ4v) is 2.55. The number of aryl methyl sites for hydroxylation is 2. The third kappa shape index (κ3) is 4.76. The highest BCUT2D eigenvalue weighted by Crippen LogP contribution is 2.31. The minimum absolute atomic E-state index is 0.146. The van der Waals surface area contributed by atoms with Crippen LogP contribution in [0.5, 0.6) is 11.5 Å². The van der Waals surface area contributed by atoms with Crippen LogP contribution in [-0.2, 0) is 18.4 Å². The first-order chi connectivity index (χ1) is 13.6. The first-order valence-corrected chi connectivity index (χ1v) is 8.68. The van der Waals surface area contributed by atoms with Crippen LogP contribution >= 0.6 is 0 Å². The molecule has 1 heterocycles. The molecule has 9 heteroatoms. The number of hydrogen-bond acceptors (Lipinski definition) is 7. The summed E-state index contributed by atoms with van der Waals surface area (Å²) in [6, 6.07) is 13.1. The number of methoxy groups -OCH3 is 1. The van der Waals surface area contributed by atoms with Crippen molar-refractivity contribution in [3.63, 3.8) is 0 Å². The van der Waals surface area contributed by atoms with Crippen molar-refractivity contribution in [2.24, 2.45) is 7.05 Å². The van der Waals surface area contributed by atoms with E-state index in [9.17, 15) is 4.79 Å². The summed E-state index contributed by atoms with van der Waals surface area (Å²) in [5.74, 6) is 1.29. The molecule has 1 aromatic heterocycles. The van der Waals surface area contributed by atoms with Gasteiger partial charge in [0.1, 0.15) is 0 Å². The quantitative estimate of drug-likeness (QED) is 0.615. The first-order valence-electron chi connectivity index (χ1n) is 8.68. The third-order valence-electron chi connectivity index (χ3n) is 4.02. The number of ether oxygens (including phenoxy) is 2. The molecule has 28 heavy (non-hydrogen) atoms. The third-order valence-corrected chi connectivity index (χ3v) is 4.02. The number of carbonyl (C=O) groups excluding carboxylic acids is 1. The Hall–Kier alpha value is -3.62. The molecule has 9 nitrogen and oxygen atoms in total. The Bertz CT molecular complexity index is 939. The molecule has 0 saturated carbocycles. The SMILES string of the molecule is COc1cccc(CNc2nnnn2C)c1OCC(=O)Nc1ccc(C)cc1. The number of nitrogens with zero attached hydrogens (tertiary/aromatic N) is 4. The first kappa shape index (κ1) is 19.2. The normalized spacial score (nSPS) is 10.4. The molecular weight excluding hydrogens is 360 g/mol. The number of benzene rings is 2. The second-order valence-electron chi connectivity index (χ2n) is 6.13. The van der Waals surface area contributed by atoms with Crippen LogP contribution < -0.4 is 20.1 Å². The Labute approximate surface area is 162 Å². The molecule has 0 fully saturated rings. The molecule has 0 saturated heterocycles. The lowest BCUT2D eigenvalue weighted by Crippen LogP contribution is -2.21. The molecule has 1 amide bonds. The summed E-state index contributed by atoms with van der Waals surface area (Å²) < 4.78 is 12.7. The number of rotatable bonds is 8. The summed E-state index contributed by atoms with van der Waals surface area (Å²) in [7, 11) is 3.29. The molecule has 0 aliphatic carbocycles. The van der Waals surface area contributed by atoms with Gasteiger partial charge >= 0.3 is 0 Å². The molecule has 0 unspecified atom stereocenters. The summed E-state index contributed by atoms with van der Waals surface area (Å²) in [6.45, 7) is 2.25. The number of aromatic nitrogens is 4. The summed E-state index contributed by atoms with van der Waals surface area (Å²) in [4.78, 5) is 12.2. The van der Waals surface area contributed by atoms with Gasteiger partial charge in [0.15, 0.2) is 18.1 Å². The highest BCUT2D eigenvalue weighted by Gasteiger charge is 2.14. The number of anilines is 2. The van der Waals surface area contributed by atoms with E-state index in [2.05, 4.69) is 26.2 Å². The van der Waals surface area contributed by atoms with Gasteiger partial charge in [-0.2, -0.15) is 0 Å². The largest absolute Gasteiger partial charge is 0.493 e. The molecular formula is C19H22N6O3. The molecule has 0 radical (unpaired) electrons. The van der Waals surface area contributed by atoms with Gasteiger partial charge in [-0.1, -0.05) is 34.9 Å². The van der Waals surface area contributed by atoms with E-state index in [1.54, 1.807) is 20.2 Å². The molecule has 0 aliphatic heterocycles. The second kappa shape index (κ2) is 8.85. The Morgan fingerprint density at radius 1 is 1.18 bits per heavy atom. The van der Waals surface area contributed by atoms with E-state index >= 15 is 0 Å².